The molecule has 1 N–H and O–H groups in total. The van der Waals surface area contributed by atoms with Crippen molar-refractivity contribution in [2.75, 3.05) is 12.0 Å². The first-order chi connectivity index (χ1) is 15.3. The van der Waals surface area contributed by atoms with Crippen LogP contribution in [0.25, 0.3) is 11.3 Å². The van der Waals surface area contributed by atoms with Gasteiger partial charge in [0.25, 0.3) is 0 Å². The second kappa shape index (κ2) is 8.24. The lowest BCUT2D eigenvalue weighted by Gasteiger charge is -2.27. The highest BCUT2D eigenvalue weighted by Gasteiger charge is 2.43. The van der Waals surface area contributed by atoms with Crippen molar-refractivity contribution in [1.82, 2.24) is 10.3 Å². The third-order valence-corrected chi connectivity index (χ3v) is 5.73. The molecule has 0 aliphatic carbocycles. The molecule has 2 aromatic carbocycles. The number of furan rings is 1. The van der Waals surface area contributed by atoms with E-state index in [9.17, 15) is 0 Å². The number of rotatable bonds is 5. The number of nitrogens with one attached hydrogen (secondary N) is 1. The third kappa shape index (κ3) is 3.55. The standard InChI is InChI=1S/C25H21N3O2S/c1-29-21-13-6-5-12-19(21)28-24(23(27-25(28)31)18-11-7-8-16-26-18)22-15-14-20(30-22)17-9-3-2-4-10-17/h2-16,23-24H,1H3,(H,27,31). The lowest BCUT2D eigenvalue weighted by atomic mass is 10.0. The predicted molar refractivity (Wildman–Crippen MR) is 125 cm³/mol. The Morgan fingerprint density at radius 1 is 0.935 bits per heavy atom. The van der Waals surface area contributed by atoms with Crippen LogP contribution >= 0.6 is 12.2 Å². The molecule has 5 rings (SSSR count). The van der Waals surface area contributed by atoms with Crippen molar-refractivity contribution in [3.05, 3.63) is 103 Å². The minimum absolute atomic E-state index is 0.173. The number of benzene rings is 2. The Bertz CT molecular complexity index is 1190. The summed E-state index contributed by atoms with van der Waals surface area (Å²) in [6.45, 7) is 0. The highest BCUT2D eigenvalue weighted by molar-refractivity contribution is 7.80. The Labute approximate surface area is 186 Å². The molecule has 0 radical (unpaired) electrons. The van der Waals surface area contributed by atoms with Gasteiger partial charge in [0, 0.05) is 11.8 Å². The molecule has 6 heteroatoms. The molecule has 154 valence electrons. The molecular formula is C25H21N3O2S. The summed E-state index contributed by atoms with van der Waals surface area (Å²) in [7, 11) is 1.66. The maximum absolute atomic E-state index is 6.37. The Morgan fingerprint density at radius 2 is 1.71 bits per heavy atom. The van der Waals surface area contributed by atoms with Gasteiger partial charge < -0.3 is 19.4 Å². The fraction of sp³-hybridized carbons (Fsp3) is 0.120. The zero-order valence-electron chi connectivity index (χ0n) is 16.9. The maximum Gasteiger partial charge on any atom is 0.174 e. The largest absolute Gasteiger partial charge is 0.495 e. The van der Waals surface area contributed by atoms with Crippen molar-refractivity contribution < 1.29 is 9.15 Å². The lowest BCUT2D eigenvalue weighted by molar-refractivity contribution is 0.409. The molecule has 3 heterocycles. The summed E-state index contributed by atoms with van der Waals surface area (Å²) in [5.41, 5.74) is 2.80. The molecule has 0 spiro atoms. The number of aromatic nitrogens is 1. The molecule has 0 bridgehead atoms. The second-order valence-electron chi connectivity index (χ2n) is 7.24. The first-order valence-electron chi connectivity index (χ1n) is 10.0. The van der Waals surface area contributed by atoms with Crippen molar-refractivity contribution in [3.8, 4) is 17.1 Å². The molecule has 0 amide bonds. The number of thiocarbonyl (C=S) groups is 1. The van der Waals surface area contributed by atoms with E-state index in [-0.39, 0.29) is 12.1 Å². The second-order valence-corrected chi connectivity index (χ2v) is 7.62. The van der Waals surface area contributed by atoms with Crippen LogP contribution in [0.3, 0.4) is 0 Å². The summed E-state index contributed by atoms with van der Waals surface area (Å²) in [6.07, 6.45) is 1.79. The summed E-state index contributed by atoms with van der Waals surface area (Å²) in [4.78, 5) is 6.64. The van der Waals surface area contributed by atoms with Gasteiger partial charge in [0.15, 0.2) is 5.11 Å². The number of methoxy groups -OCH3 is 1. The number of anilines is 1. The van der Waals surface area contributed by atoms with Gasteiger partial charge in [0.1, 0.15) is 23.3 Å². The molecule has 1 saturated heterocycles. The molecule has 1 aliphatic rings. The smallest absolute Gasteiger partial charge is 0.174 e. The molecule has 1 aliphatic heterocycles. The van der Waals surface area contributed by atoms with E-state index in [2.05, 4.69) is 15.2 Å². The molecule has 31 heavy (non-hydrogen) atoms. The van der Waals surface area contributed by atoms with E-state index in [0.29, 0.717) is 5.11 Å². The highest BCUT2D eigenvalue weighted by atomic mass is 32.1. The van der Waals surface area contributed by atoms with Gasteiger partial charge in [0.2, 0.25) is 0 Å². The quantitative estimate of drug-likeness (QED) is 0.423. The average Bonchev–Trinajstić information content (AvgIpc) is 3.45. The first kappa shape index (κ1) is 19.3. The SMILES string of the molecule is COc1ccccc1N1C(=S)NC(c2ccccn2)C1c1ccc(-c2ccccc2)o1. The monoisotopic (exact) mass is 427 g/mol. The number of hydrogen-bond acceptors (Lipinski definition) is 4. The number of ether oxygens (including phenoxy) is 1. The minimum atomic E-state index is -0.226. The van der Waals surface area contributed by atoms with E-state index < -0.39 is 0 Å². The van der Waals surface area contributed by atoms with Crippen LogP contribution in [0.5, 0.6) is 5.75 Å². The summed E-state index contributed by atoms with van der Waals surface area (Å²) in [6, 6.07) is 27.4. The third-order valence-electron chi connectivity index (χ3n) is 5.42. The molecule has 5 nitrogen and oxygen atoms in total. The summed E-state index contributed by atoms with van der Waals surface area (Å²) >= 11 is 5.77. The molecule has 1 fully saturated rings. The first-order valence-corrected chi connectivity index (χ1v) is 10.5. The van der Waals surface area contributed by atoms with Crippen LogP contribution in [-0.4, -0.2) is 17.2 Å². The number of pyridine rings is 1. The Hall–Kier alpha value is -3.64. The van der Waals surface area contributed by atoms with Crippen molar-refractivity contribution in [2.24, 2.45) is 0 Å². The Morgan fingerprint density at radius 3 is 2.48 bits per heavy atom. The Balaban J connectivity index is 1.63. The van der Waals surface area contributed by atoms with Gasteiger partial charge in [-0.15, -0.1) is 0 Å². The van der Waals surface area contributed by atoms with Gasteiger partial charge in [-0.2, -0.15) is 0 Å². The molecule has 0 saturated carbocycles. The van der Waals surface area contributed by atoms with E-state index in [1.54, 1.807) is 13.3 Å². The van der Waals surface area contributed by atoms with Gasteiger partial charge in [0.05, 0.1) is 24.5 Å². The van der Waals surface area contributed by atoms with Crippen LogP contribution in [0.4, 0.5) is 5.69 Å². The Kier molecular flexibility index (Phi) is 5.14. The number of para-hydroxylation sites is 2. The van der Waals surface area contributed by atoms with Crippen molar-refractivity contribution in [1.29, 1.82) is 0 Å². The fourth-order valence-corrected chi connectivity index (χ4v) is 4.34. The van der Waals surface area contributed by atoms with Gasteiger partial charge in [-0.05, 0) is 48.6 Å². The summed E-state index contributed by atoms with van der Waals surface area (Å²) < 4.78 is 12.0. The van der Waals surface area contributed by atoms with Crippen molar-refractivity contribution in [2.45, 2.75) is 12.1 Å². The van der Waals surface area contributed by atoms with E-state index in [1.165, 1.54) is 0 Å². The van der Waals surface area contributed by atoms with E-state index in [4.69, 9.17) is 21.4 Å². The zero-order chi connectivity index (χ0) is 21.2. The van der Waals surface area contributed by atoms with Crippen LogP contribution in [0.2, 0.25) is 0 Å². The van der Waals surface area contributed by atoms with Gasteiger partial charge in [-0.3, -0.25) is 4.98 Å². The molecule has 2 unspecified atom stereocenters. The van der Waals surface area contributed by atoms with Crippen LogP contribution in [0, 0.1) is 0 Å². The highest BCUT2D eigenvalue weighted by Crippen LogP contribution is 2.45. The minimum Gasteiger partial charge on any atom is -0.495 e. The van der Waals surface area contributed by atoms with Crippen molar-refractivity contribution in [3.63, 3.8) is 0 Å². The normalized spacial score (nSPS) is 18.1. The average molecular weight is 428 g/mol. The molecular weight excluding hydrogens is 406 g/mol. The number of nitrogens with zero attached hydrogens (tertiary/aromatic N) is 2. The maximum atomic E-state index is 6.37. The number of hydrogen-bond donors (Lipinski definition) is 1. The predicted octanol–water partition coefficient (Wildman–Crippen LogP) is 5.53. The topological polar surface area (TPSA) is 50.5 Å². The van der Waals surface area contributed by atoms with Gasteiger partial charge >= 0.3 is 0 Å². The molecule has 2 atom stereocenters. The summed E-state index contributed by atoms with van der Waals surface area (Å²) in [5.74, 6) is 2.36. The fourth-order valence-electron chi connectivity index (χ4n) is 4.00. The molecule has 2 aromatic heterocycles. The zero-order valence-corrected chi connectivity index (χ0v) is 17.8. The van der Waals surface area contributed by atoms with E-state index >= 15 is 0 Å². The van der Waals surface area contributed by atoms with Crippen LogP contribution in [0.1, 0.15) is 23.5 Å². The van der Waals surface area contributed by atoms with E-state index in [0.717, 1.165) is 34.2 Å². The summed E-state index contributed by atoms with van der Waals surface area (Å²) in [5, 5.41) is 4.05. The van der Waals surface area contributed by atoms with E-state index in [1.807, 2.05) is 84.9 Å². The van der Waals surface area contributed by atoms with Gasteiger partial charge in [-0.1, -0.05) is 48.5 Å². The van der Waals surface area contributed by atoms with Crippen LogP contribution in [-0.2, 0) is 0 Å². The van der Waals surface area contributed by atoms with Crippen molar-refractivity contribution >= 4 is 23.0 Å². The van der Waals surface area contributed by atoms with Crippen LogP contribution in [0.15, 0.2) is 95.5 Å². The molecule has 4 aromatic rings. The van der Waals surface area contributed by atoms with Gasteiger partial charge in [-0.25, -0.2) is 0 Å². The van der Waals surface area contributed by atoms with Crippen LogP contribution < -0.4 is 15.0 Å². The lowest BCUT2D eigenvalue weighted by Crippen LogP contribution is -2.29.